The van der Waals surface area contributed by atoms with Crippen LogP contribution in [0.25, 0.3) is 0 Å². The van der Waals surface area contributed by atoms with Crippen molar-refractivity contribution in [1.82, 2.24) is 0 Å². The first-order valence-electron chi connectivity index (χ1n) is 26.6. The minimum Gasteiger partial charge on any atom is -0.460 e. The molecule has 16 nitrogen and oxygen atoms in total. The molecular formula is C55H84O16. The Hall–Kier alpha value is -2.13. The van der Waals surface area contributed by atoms with Crippen LogP contribution < -0.4 is 0 Å². The van der Waals surface area contributed by atoms with E-state index in [9.17, 15) is 45.6 Å². The van der Waals surface area contributed by atoms with Crippen LogP contribution in [0.4, 0.5) is 0 Å². The van der Waals surface area contributed by atoms with E-state index in [-0.39, 0.29) is 46.1 Å². The highest BCUT2D eigenvalue weighted by molar-refractivity contribution is 5.79. The monoisotopic (exact) mass is 1000 g/mol. The van der Waals surface area contributed by atoms with Gasteiger partial charge in [-0.1, -0.05) is 90.4 Å². The Morgan fingerprint density at radius 3 is 1.87 bits per heavy atom. The van der Waals surface area contributed by atoms with Gasteiger partial charge in [-0.05, 0) is 128 Å². The third-order valence-corrected chi connectivity index (χ3v) is 20.5. The first-order chi connectivity index (χ1) is 33.3. The number of carbonyl (C=O) groups excluding carboxylic acids is 1. The number of hydrogen-bond acceptors (Lipinski definition) is 16. The minimum atomic E-state index is -1.74. The molecule has 0 aromatic heterocycles. The van der Waals surface area contributed by atoms with E-state index in [1.54, 1.807) is 0 Å². The third-order valence-electron chi connectivity index (χ3n) is 20.5. The molecule has 3 aliphatic heterocycles. The second-order valence-corrected chi connectivity index (χ2v) is 25.2. The molecule has 0 unspecified atom stereocenters. The van der Waals surface area contributed by atoms with Crippen molar-refractivity contribution in [2.45, 2.75) is 231 Å². The predicted octanol–water partition coefficient (Wildman–Crippen LogP) is 4.42. The van der Waals surface area contributed by atoms with Crippen LogP contribution in [0.1, 0.15) is 132 Å². The smallest absolute Gasteiger partial charge is 0.313 e. The standard InChI is InChI=1S/C55H84O16/c1-28-37(57)39(59)41(61)46(66-28)70-44-33(26-56)68-48(45(43(44)63)71-47-42(62)40(60)38(58)29(2)67-47)69-36-18-19-52(7)34(51(36,5)6)17-20-54(9)35(52)16-15-31-32-25-50(3,4)21-23-55(32,24-22-53(31,54)8)49(64)65-27-30-13-11-10-12-14-30/h10-15,28-29,32-48,56-63H,16-27H2,1-9H3/t28-,29-,32+,33-,34+,35-,36+,37-,38-,39+,40+,41+,42+,43+,44-,45-,46-,47-,48+,52+,53-,54-,55+/m1/s1. The van der Waals surface area contributed by atoms with E-state index < -0.39 is 116 Å². The molecule has 8 aliphatic rings. The molecule has 0 amide bonds. The lowest BCUT2D eigenvalue weighted by atomic mass is 9.33. The van der Waals surface area contributed by atoms with Gasteiger partial charge in [-0.15, -0.1) is 0 Å². The summed E-state index contributed by atoms with van der Waals surface area (Å²) >= 11 is 0. The van der Waals surface area contributed by atoms with E-state index in [4.69, 9.17) is 33.2 Å². The van der Waals surface area contributed by atoms with Gasteiger partial charge < -0.3 is 74.0 Å². The first kappa shape index (κ1) is 53.7. The zero-order valence-corrected chi connectivity index (χ0v) is 43.3. The normalized spacial score (nSPS) is 50.3. The van der Waals surface area contributed by atoms with Crippen molar-refractivity contribution in [2.24, 2.45) is 50.2 Å². The van der Waals surface area contributed by atoms with Crippen LogP contribution >= 0.6 is 0 Å². The van der Waals surface area contributed by atoms with Crippen LogP contribution in [0, 0.1) is 50.2 Å². The SMILES string of the molecule is C[C@H]1O[C@H](O[C@H]2[C@H](O[C@H]3CC[C@]4(C)[C@H]5CC=C6[C@@H]7CC(C)(C)CC[C@]7(C(=O)OCc7ccccc7)CC[C@@]6(C)[C@]5(C)CC[C@H]4C3(C)C)O[C@H](CO)[C@@H](O[C@H]3O[C@H](C)[C@@H](O)[C@H](O)[C@@H]3O)[C@@H]2O)[C@@H](O)[C@@H](O)[C@@H]1O. The predicted molar refractivity (Wildman–Crippen MR) is 256 cm³/mol. The fourth-order valence-electron chi connectivity index (χ4n) is 15.9. The molecule has 5 aliphatic carbocycles. The van der Waals surface area contributed by atoms with Gasteiger partial charge in [-0.2, -0.15) is 0 Å². The minimum absolute atomic E-state index is 0.0512. The van der Waals surface area contributed by atoms with Crippen LogP contribution in [0.15, 0.2) is 42.0 Å². The lowest BCUT2D eigenvalue weighted by molar-refractivity contribution is -0.393. The summed E-state index contributed by atoms with van der Waals surface area (Å²) in [6, 6.07) is 9.95. The van der Waals surface area contributed by atoms with Crippen LogP contribution in [0.2, 0.25) is 0 Å². The Bertz CT molecular complexity index is 2090. The van der Waals surface area contributed by atoms with E-state index in [0.717, 1.165) is 63.4 Å². The molecule has 7 fully saturated rings. The summed E-state index contributed by atoms with van der Waals surface area (Å²) in [6.07, 6.45) is -11.0. The van der Waals surface area contributed by atoms with Gasteiger partial charge in [0.15, 0.2) is 18.9 Å². The second-order valence-electron chi connectivity index (χ2n) is 25.2. The summed E-state index contributed by atoms with van der Waals surface area (Å²) in [4.78, 5) is 14.6. The number of aliphatic hydroxyl groups excluding tert-OH is 8. The average molecular weight is 1000 g/mol. The molecule has 16 heteroatoms. The fourth-order valence-corrected chi connectivity index (χ4v) is 15.9. The molecule has 23 atom stereocenters. The number of benzene rings is 1. The molecule has 0 radical (unpaired) electrons. The van der Waals surface area contributed by atoms with Crippen LogP contribution in [0.5, 0.6) is 0 Å². The number of rotatable bonds is 10. The van der Waals surface area contributed by atoms with Gasteiger partial charge in [0.2, 0.25) is 0 Å². The molecular weight excluding hydrogens is 917 g/mol. The molecule has 400 valence electrons. The van der Waals surface area contributed by atoms with E-state index in [1.807, 2.05) is 30.3 Å². The zero-order valence-electron chi connectivity index (χ0n) is 43.3. The topological polar surface area (TPSA) is 244 Å². The zero-order chi connectivity index (χ0) is 51.4. The Balaban J connectivity index is 0.973. The van der Waals surface area contributed by atoms with Crippen molar-refractivity contribution >= 4 is 5.97 Å². The van der Waals surface area contributed by atoms with Gasteiger partial charge in [-0.3, -0.25) is 4.79 Å². The summed E-state index contributed by atoms with van der Waals surface area (Å²) in [7, 11) is 0. The third kappa shape index (κ3) is 8.90. The number of carbonyl (C=O) groups is 1. The highest BCUT2D eigenvalue weighted by Crippen LogP contribution is 2.76. The maximum absolute atomic E-state index is 14.6. The van der Waals surface area contributed by atoms with Gasteiger partial charge >= 0.3 is 5.97 Å². The van der Waals surface area contributed by atoms with Crippen LogP contribution in [-0.4, -0.2) is 152 Å². The Morgan fingerprint density at radius 1 is 0.648 bits per heavy atom. The van der Waals surface area contributed by atoms with E-state index in [2.05, 4.69) is 54.5 Å². The highest BCUT2D eigenvalue weighted by atomic mass is 16.8. The molecule has 3 heterocycles. The van der Waals surface area contributed by atoms with Gasteiger partial charge in [0, 0.05) is 0 Å². The van der Waals surface area contributed by atoms with Crippen molar-refractivity contribution < 1.29 is 78.8 Å². The largest absolute Gasteiger partial charge is 0.460 e. The molecule has 0 bridgehead atoms. The van der Waals surface area contributed by atoms with Crippen molar-refractivity contribution in [3.63, 3.8) is 0 Å². The van der Waals surface area contributed by atoms with Crippen molar-refractivity contribution in [3.05, 3.63) is 47.5 Å². The maximum Gasteiger partial charge on any atom is 0.313 e. The second kappa shape index (κ2) is 19.5. The van der Waals surface area contributed by atoms with E-state index >= 15 is 0 Å². The first-order valence-corrected chi connectivity index (χ1v) is 26.6. The summed E-state index contributed by atoms with van der Waals surface area (Å²) in [5.41, 5.74) is 1.26. The molecule has 9 rings (SSSR count). The summed E-state index contributed by atoms with van der Waals surface area (Å²) in [5.74, 6) is 0.586. The van der Waals surface area contributed by atoms with Gasteiger partial charge in [0.05, 0.1) is 30.3 Å². The van der Waals surface area contributed by atoms with Crippen LogP contribution in [-0.2, 0) is 44.6 Å². The molecule has 8 N–H and O–H groups in total. The highest BCUT2D eigenvalue weighted by Gasteiger charge is 2.70. The van der Waals surface area contributed by atoms with Crippen molar-refractivity contribution in [3.8, 4) is 0 Å². The summed E-state index contributed by atoms with van der Waals surface area (Å²) in [5, 5.41) is 87.1. The van der Waals surface area contributed by atoms with Crippen LogP contribution in [0.3, 0.4) is 0 Å². The molecule has 1 aromatic carbocycles. The molecule has 4 saturated carbocycles. The number of esters is 1. The Morgan fingerprint density at radius 2 is 1.25 bits per heavy atom. The molecule has 3 saturated heterocycles. The average Bonchev–Trinajstić information content (AvgIpc) is 3.33. The lowest BCUT2D eigenvalue weighted by Crippen LogP contribution is -2.68. The Kier molecular flexibility index (Phi) is 14.7. The van der Waals surface area contributed by atoms with Gasteiger partial charge in [0.1, 0.15) is 67.6 Å². The van der Waals surface area contributed by atoms with Crippen molar-refractivity contribution in [1.29, 1.82) is 0 Å². The number of ether oxygens (including phenoxy) is 7. The fraction of sp³-hybridized carbons (Fsp3) is 0.836. The quantitative estimate of drug-likeness (QED) is 0.0919. The number of allylic oxidation sites excluding steroid dienone is 2. The number of aliphatic hydroxyl groups is 8. The molecule has 1 aromatic rings. The number of hydrogen-bond donors (Lipinski definition) is 8. The van der Waals surface area contributed by atoms with Crippen molar-refractivity contribution in [2.75, 3.05) is 6.61 Å². The molecule has 71 heavy (non-hydrogen) atoms. The number of fused-ring (bicyclic) bond motifs is 7. The summed E-state index contributed by atoms with van der Waals surface area (Å²) in [6.45, 7) is 19.3. The van der Waals surface area contributed by atoms with Gasteiger partial charge in [0.25, 0.3) is 0 Å². The Labute approximate surface area is 419 Å². The van der Waals surface area contributed by atoms with E-state index in [1.165, 1.54) is 19.4 Å². The van der Waals surface area contributed by atoms with E-state index in [0.29, 0.717) is 12.3 Å². The lowest BCUT2D eigenvalue weighted by Gasteiger charge is -2.71. The van der Waals surface area contributed by atoms with Gasteiger partial charge in [-0.25, -0.2) is 0 Å². The summed E-state index contributed by atoms with van der Waals surface area (Å²) < 4.78 is 43.6. The maximum atomic E-state index is 14.6. The molecule has 0 spiro atoms.